The molecule has 0 aromatic heterocycles. The van der Waals surface area contributed by atoms with Crippen molar-refractivity contribution in [3.8, 4) is 0 Å². The SMILES string of the molecule is [MgH2].[O]=[La][Ta]. The van der Waals surface area contributed by atoms with Crippen LogP contribution in [0.3, 0.4) is 0 Å². The Hall–Kier alpha value is 2.50. The van der Waals surface area contributed by atoms with Gasteiger partial charge in [0.15, 0.2) is 0 Å². The van der Waals surface area contributed by atoms with Gasteiger partial charge in [-0.1, -0.05) is 0 Å². The summed E-state index contributed by atoms with van der Waals surface area (Å²) in [6.07, 6.45) is 0. The van der Waals surface area contributed by atoms with E-state index in [4.69, 9.17) is 0 Å². The summed E-state index contributed by atoms with van der Waals surface area (Å²) >= 11 is 0.0340. The minimum atomic E-state index is -1.14. The van der Waals surface area contributed by atoms with Crippen molar-refractivity contribution in [2.45, 2.75) is 0 Å². The molecular formula is H2LaMgOTa. The first-order valence-electron chi connectivity index (χ1n) is 0.494. The van der Waals surface area contributed by atoms with E-state index in [1.54, 1.807) is 0 Å². The molecule has 0 aliphatic heterocycles. The van der Waals surface area contributed by atoms with Crippen molar-refractivity contribution in [3.05, 3.63) is 0 Å². The zero-order chi connectivity index (χ0) is 2.71. The summed E-state index contributed by atoms with van der Waals surface area (Å²) in [5.74, 6) is 0. The Balaban J connectivity index is 0. The summed E-state index contributed by atoms with van der Waals surface area (Å²) in [6, 6.07) is 0. The molecule has 0 aliphatic carbocycles. The summed E-state index contributed by atoms with van der Waals surface area (Å²) in [5, 5.41) is 0. The molecule has 0 fully saturated rings. The Bertz CT molecular complexity index is 15.5. The summed E-state index contributed by atoms with van der Waals surface area (Å²) < 4.78 is 9.19. The van der Waals surface area contributed by atoms with Gasteiger partial charge in [0.05, 0.1) is 0 Å². The Morgan fingerprint density at radius 2 is 1.75 bits per heavy atom. The van der Waals surface area contributed by atoms with Gasteiger partial charge in [-0.2, -0.15) is 0 Å². The van der Waals surface area contributed by atoms with E-state index in [0.717, 1.165) is 0 Å². The zero-order valence-electron chi connectivity index (χ0n) is 1.43. The van der Waals surface area contributed by atoms with Crippen LogP contribution in [-0.2, 0) is 16.0 Å². The Kier molecular flexibility index (Phi) is 22.1. The van der Waals surface area contributed by atoms with Crippen LogP contribution < -0.4 is 0 Å². The molecule has 4 heteroatoms. The molecule has 0 spiro atoms. The van der Waals surface area contributed by atoms with Crippen LogP contribution in [-0.4, -0.2) is 23.1 Å². The molecule has 0 saturated heterocycles. The van der Waals surface area contributed by atoms with Gasteiger partial charge in [-0.15, -0.1) is 0 Å². The van der Waals surface area contributed by atoms with Gasteiger partial charge in [0.2, 0.25) is 0 Å². The van der Waals surface area contributed by atoms with Crippen molar-refractivity contribution >= 4 is 23.1 Å². The van der Waals surface area contributed by atoms with Crippen LogP contribution >= 0.6 is 0 Å². The third-order valence-electron chi connectivity index (χ3n) is 0. The van der Waals surface area contributed by atoms with Gasteiger partial charge < -0.3 is 0 Å². The second-order valence-corrected chi connectivity index (χ2v) is 6.28. The van der Waals surface area contributed by atoms with E-state index in [2.05, 4.69) is 0 Å². The fraction of sp³-hybridized carbons (Fsp3) is 0. The molecule has 1 nitrogen and oxygen atoms in total. The molecule has 0 aliphatic rings. The van der Waals surface area contributed by atoms with Crippen molar-refractivity contribution in [3.63, 3.8) is 0 Å². The molecule has 0 unspecified atom stereocenters. The van der Waals surface area contributed by atoms with E-state index in [1.165, 1.54) is 14.3 Å². The Labute approximate surface area is 64.8 Å². The number of hydrogen-bond acceptors (Lipinski definition) is 1. The molecule has 0 heterocycles. The molecular weight excluding hydrogens is 360 g/mol. The molecule has 0 aromatic rings. The van der Waals surface area contributed by atoms with Gasteiger partial charge in [-0.3, -0.25) is 0 Å². The molecule has 0 aromatic carbocycles. The summed E-state index contributed by atoms with van der Waals surface area (Å²) in [5.41, 5.74) is 0. The van der Waals surface area contributed by atoms with Gasteiger partial charge >= 0.3 is 66.5 Å². The number of rotatable bonds is 0. The van der Waals surface area contributed by atoms with Crippen LogP contribution in [0.5, 0.6) is 0 Å². The first-order valence-corrected chi connectivity index (χ1v) is 17.1. The molecule has 0 bridgehead atoms. The maximum absolute atomic E-state index is 9.19. The minimum absolute atomic E-state index is 0. The fourth-order valence-corrected chi connectivity index (χ4v) is 0. The monoisotopic (exact) mass is 362 g/mol. The van der Waals surface area contributed by atoms with Gasteiger partial charge in [0.1, 0.15) is 0 Å². The average molecular weight is 362 g/mol. The van der Waals surface area contributed by atoms with E-state index >= 15 is 0 Å². The van der Waals surface area contributed by atoms with Gasteiger partial charge in [0, 0.05) is 0 Å². The molecule has 4 heavy (non-hydrogen) atoms. The van der Waals surface area contributed by atoms with Crippen LogP contribution in [0.25, 0.3) is 0 Å². The molecule has 0 saturated carbocycles. The summed E-state index contributed by atoms with van der Waals surface area (Å²) in [4.78, 5) is 0. The molecule has 0 amide bonds. The first kappa shape index (κ1) is 9.71. The normalized spacial score (nSPS) is 2.00. The quantitative estimate of drug-likeness (QED) is 0.504. The molecule has 0 atom stereocenters. The third kappa shape index (κ3) is 8.82. The second-order valence-electron chi connectivity index (χ2n) is 0.105. The molecule has 0 rings (SSSR count). The second kappa shape index (κ2) is 9.09. The number of hydrogen-bond donors (Lipinski definition) is 0. The van der Waals surface area contributed by atoms with E-state index in [1.807, 2.05) is 0 Å². The predicted molar refractivity (Wildman–Crippen MR) is 9.23 cm³/mol. The van der Waals surface area contributed by atoms with E-state index in [-0.39, 0.29) is 23.1 Å². The van der Waals surface area contributed by atoms with Gasteiger partial charge in [0.25, 0.3) is 0 Å². The topological polar surface area (TPSA) is 17.1 Å². The average Bonchev–Trinajstić information content (AvgIpc) is 0.918. The summed E-state index contributed by atoms with van der Waals surface area (Å²) in [6.45, 7) is 0. The van der Waals surface area contributed by atoms with Crippen molar-refractivity contribution in [2.75, 3.05) is 0 Å². The van der Waals surface area contributed by atoms with Gasteiger partial charge in [-0.25, -0.2) is 0 Å². The van der Waals surface area contributed by atoms with Crippen LogP contribution in [0.4, 0.5) is 0 Å². The molecule has 0 radical (unpaired) electrons. The van der Waals surface area contributed by atoms with Crippen LogP contribution in [0.15, 0.2) is 0 Å². The van der Waals surface area contributed by atoms with Crippen molar-refractivity contribution in [2.24, 2.45) is 0 Å². The van der Waals surface area contributed by atoms with Crippen LogP contribution in [0.2, 0.25) is 0 Å². The predicted octanol–water partition coefficient (Wildman–Crippen LogP) is -1.04. The fourth-order valence-electron chi connectivity index (χ4n) is 0. The van der Waals surface area contributed by atoms with Crippen molar-refractivity contribution in [1.82, 2.24) is 0 Å². The van der Waals surface area contributed by atoms with E-state index in [9.17, 15) is 1.70 Å². The van der Waals surface area contributed by atoms with Gasteiger partial charge in [-0.05, 0) is 0 Å². The first-order chi connectivity index (χ1) is 1.41. The summed E-state index contributed by atoms with van der Waals surface area (Å²) in [7, 11) is 0. The third-order valence-corrected chi connectivity index (χ3v) is 0. The van der Waals surface area contributed by atoms with Crippen LogP contribution in [0, 0.1) is 27.4 Å². The van der Waals surface area contributed by atoms with Crippen molar-refractivity contribution in [1.29, 1.82) is 0 Å². The van der Waals surface area contributed by atoms with E-state index in [0.29, 0.717) is 0 Å². The molecule has 0 N–H and O–H groups in total. The Morgan fingerprint density at radius 3 is 1.75 bits per heavy atom. The van der Waals surface area contributed by atoms with Crippen molar-refractivity contribution < 1.29 is 43.4 Å². The zero-order valence-corrected chi connectivity index (χ0v) is 8.27. The van der Waals surface area contributed by atoms with E-state index < -0.39 is 27.4 Å². The van der Waals surface area contributed by atoms with Crippen LogP contribution in [0.1, 0.15) is 0 Å². The molecule has 18 valence electrons. The Morgan fingerprint density at radius 1 is 1.75 bits per heavy atom. The standard InChI is InChI=1S/La.Mg.O.Ta.2H. The maximum atomic E-state index is 9.19.